The van der Waals surface area contributed by atoms with Gasteiger partial charge in [-0.2, -0.15) is 13.2 Å². The Hall–Kier alpha value is -1.35. The highest BCUT2D eigenvalue weighted by molar-refractivity contribution is 7.09. The molecule has 5 nitrogen and oxygen atoms in total. The fraction of sp³-hybridized carbons (Fsp3) is 0.750. The number of alkyl halides is 3. The van der Waals surface area contributed by atoms with Crippen LogP contribution in [0.25, 0.3) is 0 Å². The van der Waals surface area contributed by atoms with E-state index in [9.17, 15) is 13.2 Å². The second kappa shape index (κ2) is 9.96. The minimum absolute atomic E-state index is 0.119. The summed E-state index contributed by atoms with van der Waals surface area (Å²) in [6.45, 7) is 12.9. The number of hydrogen-bond acceptors (Lipinski definition) is 4. The van der Waals surface area contributed by atoms with Gasteiger partial charge in [0.05, 0.1) is 6.54 Å². The molecule has 2 N–H and O–H groups in total. The number of hydrogen-bond donors (Lipinski definition) is 2. The molecule has 144 valence electrons. The molecule has 1 rings (SSSR count). The lowest BCUT2D eigenvalue weighted by atomic mass is 10.2. The molecular formula is C16H28F3N5S. The van der Waals surface area contributed by atoms with E-state index in [1.807, 2.05) is 6.92 Å². The van der Waals surface area contributed by atoms with Gasteiger partial charge in [-0.3, -0.25) is 4.90 Å². The topological polar surface area (TPSA) is 52.6 Å². The number of rotatable bonds is 8. The van der Waals surface area contributed by atoms with Crippen LogP contribution in [0.4, 0.5) is 13.2 Å². The van der Waals surface area contributed by atoms with Crippen molar-refractivity contribution in [2.75, 3.05) is 19.6 Å². The van der Waals surface area contributed by atoms with Crippen molar-refractivity contribution in [1.82, 2.24) is 20.5 Å². The Morgan fingerprint density at radius 1 is 1.24 bits per heavy atom. The van der Waals surface area contributed by atoms with E-state index >= 15 is 0 Å². The predicted octanol–water partition coefficient (Wildman–Crippen LogP) is 3.34. The number of halogens is 3. The summed E-state index contributed by atoms with van der Waals surface area (Å²) < 4.78 is 37.7. The van der Waals surface area contributed by atoms with Crippen molar-refractivity contribution in [3.05, 3.63) is 16.1 Å². The highest BCUT2D eigenvalue weighted by atomic mass is 32.1. The Kier molecular flexibility index (Phi) is 8.64. The second-order valence-corrected chi connectivity index (χ2v) is 7.11. The number of aliphatic imine (C=N–C) groups is 1. The van der Waals surface area contributed by atoms with E-state index in [1.54, 1.807) is 0 Å². The Labute approximate surface area is 151 Å². The number of guanidine groups is 1. The molecule has 0 saturated heterocycles. The molecule has 0 bridgehead atoms. The molecule has 0 unspecified atom stereocenters. The standard InChI is InChI=1S/C16H28F3N5S/c1-6-20-15(21-7-8-24(11(2)3)12(4)5)22-9-14-23-13(10-25-14)16(17,18)19/h10-12H,6-9H2,1-5H3,(H2,20,21,22). The number of nitrogens with zero attached hydrogens (tertiary/aromatic N) is 3. The summed E-state index contributed by atoms with van der Waals surface area (Å²) in [5.41, 5.74) is -0.856. The van der Waals surface area contributed by atoms with Crippen LogP contribution in [-0.2, 0) is 12.7 Å². The molecule has 0 aliphatic carbocycles. The number of aromatic nitrogens is 1. The van der Waals surface area contributed by atoms with Gasteiger partial charge in [0.2, 0.25) is 0 Å². The first-order valence-corrected chi connectivity index (χ1v) is 9.32. The predicted molar refractivity (Wildman–Crippen MR) is 96.9 cm³/mol. The van der Waals surface area contributed by atoms with Crippen molar-refractivity contribution in [1.29, 1.82) is 0 Å². The highest BCUT2D eigenvalue weighted by Crippen LogP contribution is 2.30. The van der Waals surface area contributed by atoms with Crippen LogP contribution in [0.1, 0.15) is 45.3 Å². The van der Waals surface area contributed by atoms with Crippen LogP contribution in [0.2, 0.25) is 0 Å². The maximum absolute atomic E-state index is 12.6. The Bertz CT molecular complexity index is 532. The minimum Gasteiger partial charge on any atom is -0.357 e. The fourth-order valence-corrected chi connectivity index (χ4v) is 3.14. The lowest BCUT2D eigenvalue weighted by Gasteiger charge is -2.30. The van der Waals surface area contributed by atoms with Crippen LogP contribution in [-0.4, -0.2) is 47.6 Å². The molecule has 1 heterocycles. The first kappa shape index (κ1) is 21.7. The monoisotopic (exact) mass is 379 g/mol. The van der Waals surface area contributed by atoms with Gasteiger partial charge in [0.15, 0.2) is 11.7 Å². The summed E-state index contributed by atoms with van der Waals surface area (Å²) in [4.78, 5) is 10.3. The molecule has 25 heavy (non-hydrogen) atoms. The van der Waals surface area contributed by atoms with Gasteiger partial charge in [-0.05, 0) is 34.6 Å². The summed E-state index contributed by atoms with van der Waals surface area (Å²) in [6, 6.07) is 0.884. The third-order valence-electron chi connectivity index (χ3n) is 3.55. The average molecular weight is 379 g/mol. The van der Waals surface area contributed by atoms with E-state index in [2.05, 4.69) is 53.2 Å². The van der Waals surface area contributed by atoms with E-state index < -0.39 is 11.9 Å². The summed E-state index contributed by atoms with van der Waals surface area (Å²) in [6.07, 6.45) is -4.40. The molecule has 0 aliphatic heterocycles. The van der Waals surface area contributed by atoms with Crippen molar-refractivity contribution in [3.63, 3.8) is 0 Å². The van der Waals surface area contributed by atoms with Gasteiger partial charge in [0, 0.05) is 37.1 Å². The molecule has 9 heteroatoms. The lowest BCUT2D eigenvalue weighted by molar-refractivity contribution is -0.140. The molecule has 0 spiro atoms. The molecule has 0 fully saturated rings. The van der Waals surface area contributed by atoms with Crippen LogP contribution in [0.3, 0.4) is 0 Å². The summed E-state index contributed by atoms with van der Waals surface area (Å²) in [5.74, 6) is 0.582. The van der Waals surface area contributed by atoms with Crippen molar-refractivity contribution in [2.24, 2.45) is 4.99 Å². The van der Waals surface area contributed by atoms with Crippen molar-refractivity contribution in [2.45, 2.75) is 59.4 Å². The van der Waals surface area contributed by atoms with Gasteiger partial charge in [-0.15, -0.1) is 11.3 Å². The molecule has 0 saturated carbocycles. The van der Waals surface area contributed by atoms with E-state index in [4.69, 9.17) is 0 Å². The molecule has 1 aromatic heterocycles. The van der Waals surface area contributed by atoms with Crippen LogP contribution in [0, 0.1) is 0 Å². The quantitative estimate of drug-likeness (QED) is 0.537. The molecule has 0 aliphatic rings. The van der Waals surface area contributed by atoms with Gasteiger partial charge in [0.1, 0.15) is 5.01 Å². The SMILES string of the molecule is CCNC(=NCc1nc(C(F)(F)F)cs1)NCCN(C(C)C)C(C)C. The summed E-state index contributed by atoms with van der Waals surface area (Å²) >= 11 is 0.971. The molecule has 1 aromatic rings. The van der Waals surface area contributed by atoms with Crippen molar-refractivity contribution >= 4 is 17.3 Å². The highest BCUT2D eigenvalue weighted by Gasteiger charge is 2.33. The molecule has 0 amide bonds. The van der Waals surface area contributed by atoms with E-state index in [0.29, 0.717) is 36.1 Å². The van der Waals surface area contributed by atoms with Crippen molar-refractivity contribution in [3.8, 4) is 0 Å². The van der Waals surface area contributed by atoms with Gasteiger partial charge < -0.3 is 10.6 Å². The number of nitrogens with one attached hydrogen (secondary N) is 2. The minimum atomic E-state index is -4.40. The van der Waals surface area contributed by atoms with Gasteiger partial charge in [-0.25, -0.2) is 9.98 Å². The third-order valence-corrected chi connectivity index (χ3v) is 4.38. The number of thiazole rings is 1. The summed E-state index contributed by atoms with van der Waals surface area (Å²) in [5, 5.41) is 7.68. The maximum atomic E-state index is 12.6. The Morgan fingerprint density at radius 3 is 2.36 bits per heavy atom. The smallest absolute Gasteiger partial charge is 0.357 e. The maximum Gasteiger partial charge on any atom is 0.434 e. The van der Waals surface area contributed by atoms with Gasteiger partial charge in [0.25, 0.3) is 0 Å². The molecule has 0 radical (unpaired) electrons. The molecule has 0 atom stereocenters. The van der Waals surface area contributed by atoms with Crippen LogP contribution in [0.5, 0.6) is 0 Å². The van der Waals surface area contributed by atoms with Gasteiger partial charge >= 0.3 is 6.18 Å². The van der Waals surface area contributed by atoms with E-state index in [-0.39, 0.29) is 6.54 Å². The van der Waals surface area contributed by atoms with Crippen LogP contribution < -0.4 is 10.6 Å². The molecule has 0 aromatic carbocycles. The van der Waals surface area contributed by atoms with E-state index in [0.717, 1.165) is 23.3 Å². The third kappa shape index (κ3) is 7.60. The Morgan fingerprint density at radius 2 is 1.88 bits per heavy atom. The van der Waals surface area contributed by atoms with E-state index in [1.165, 1.54) is 0 Å². The zero-order chi connectivity index (χ0) is 19.0. The fourth-order valence-electron chi connectivity index (χ4n) is 2.42. The Balaban J connectivity index is 2.60. The van der Waals surface area contributed by atoms with Crippen LogP contribution in [0.15, 0.2) is 10.4 Å². The first-order chi connectivity index (χ1) is 11.6. The summed E-state index contributed by atoms with van der Waals surface area (Å²) in [7, 11) is 0. The zero-order valence-electron chi connectivity index (χ0n) is 15.4. The zero-order valence-corrected chi connectivity index (χ0v) is 16.3. The molecular weight excluding hydrogens is 351 g/mol. The average Bonchev–Trinajstić information content (AvgIpc) is 2.97. The van der Waals surface area contributed by atoms with Gasteiger partial charge in [-0.1, -0.05) is 0 Å². The largest absolute Gasteiger partial charge is 0.434 e. The first-order valence-electron chi connectivity index (χ1n) is 8.44. The van der Waals surface area contributed by atoms with Crippen LogP contribution >= 0.6 is 11.3 Å². The normalized spacial score (nSPS) is 13.2. The lowest BCUT2D eigenvalue weighted by Crippen LogP contribution is -2.45. The second-order valence-electron chi connectivity index (χ2n) is 6.17. The van der Waals surface area contributed by atoms with Crippen molar-refractivity contribution < 1.29 is 13.2 Å².